The first-order chi connectivity index (χ1) is 24.3. The van der Waals surface area contributed by atoms with Crippen molar-refractivity contribution in [3.63, 3.8) is 0 Å². The normalized spacial score (nSPS) is 11.7. The first-order valence-electron chi connectivity index (χ1n) is 16.5. The Morgan fingerprint density at radius 3 is 1.67 bits per heavy atom. The zero-order valence-corrected chi connectivity index (χ0v) is 26.5. The van der Waals surface area contributed by atoms with E-state index >= 15 is 0 Å². The van der Waals surface area contributed by atoms with Crippen molar-refractivity contribution in [2.24, 2.45) is 0 Å². The summed E-state index contributed by atoms with van der Waals surface area (Å²) in [4.78, 5) is 15.5. The van der Waals surface area contributed by atoms with Crippen LogP contribution >= 0.6 is 0 Å². The SMILES string of the molecule is c1ccc(-c2nc(-c3ccc(-c4cccc5ccccc45)cc3)nc(-n3c4cc5ccccc5cc4c4ccc5ccccc5c43)n2)cc1. The summed E-state index contributed by atoms with van der Waals surface area (Å²) >= 11 is 0. The van der Waals surface area contributed by atoms with Gasteiger partial charge in [0.1, 0.15) is 0 Å². The van der Waals surface area contributed by atoms with Gasteiger partial charge in [-0.3, -0.25) is 4.57 Å². The van der Waals surface area contributed by atoms with E-state index in [2.05, 4.69) is 156 Å². The second kappa shape index (κ2) is 11.0. The summed E-state index contributed by atoms with van der Waals surface area (Å²) in [5, 5.41) is 9.50. The first kappa shape index (κ1) is 27.5. The van der Waals surface area contributed by atoms with Crippen LogP contribution in [0.25, 0.3) is 94.0 Å². The van der Waals surface area contributed by atoms with Crippen molar-refractivity contribution < 1.29 is 0 Å². The van der Waals surface area contributed by atoms with Crippen molar-refractivity contribution in [1.29, 1.82) is 0 Å². The lowest BCUT2D eigenvalue weighted by Gasteiger charge is -2.12. The number of aromatic nitrogens is 4. The standard InChI is InChI=1S/C45H28N4/c1-2-13-32(14-3-1)43-46-44(33-23-21-31(22-24-33)37-20-10-17-29-11-6-8-18-36(29)37)48-45(47-43)49-41-28-35-16-5-4-15-34(35)27-40(41)39-26-25-30-12-7-9-19-38(30)42(39)49/h1-28H. The first-order valence-corrected chi connectivity index (χ1v) is 16.5. The van der Waals surface area contributed by atoms with Gasteiger partial charge in [0.15, 0.2) is 11.6 Å². The smallest absolute Gasteiger partial charge is 0.238 e. The maximum absolute atomic E-state index is 5.25. The van der Waals surface area contributed by atoms with Crippen molar-refractivity contribution in [2.75, 3.05) is 0 Å². The summed E-state index contributed by atoms with van der Waals surface area (Å²) in [6.45, 7) is 0. The molecule has 0 amide bonds. The van der Waals surface area contributed by atoms with Crippen LogP contribution in [-0.2, 0) is 0 Å². The van der Waals surface area contributed by atoms with Crippen molar-refractivity contribution in [1.82, 2.24) is 19.5 Å². The van der Waals surface area contributed by atoms with Gasteiger partial charge in [0, 0.05) is 27.3 Å². The third-order valence-corrected chi connectivity index (χ3v) is 9.62. The van der Waals surface area contributed by atoms with Crippen LogP contribution in [-0.4, -0.2) is 19.5 Å². The number of hydrogen-bond donors (Lipinski definition) is 0. The van der Waals surface area contributed by atoms with Crippen LogP contribution in [0.5, 0.6) is 0 Å². The van der Waals surface area contributed by atoms with Crippen molar-refractivity contribution in [3.8, 4) is 39.9 Å². The third kappa shape index (κ3) is 4.49. The van der Waals surface area contributed by atoms with E-state index in [-0.39, 0.29) is 0 Å². The number of fused-ring (bicyclic) bond motifs is 7. The fraction of sp³-hybridized carbons (Fsp3) is 0. The average Bonchev–Trinajstić information content (AvgIpc) is 3.50. The Hall–Kier alpha value is -6.65. The average molecular weight is 625 g/mol. The predicted octanol–water partition coefficient (Wildman–Crippen LogP) is 11.4. The molecule has 0 saturated heterocycles. The molecule has 2 aromatic heterocycles. The van der Waals surface area contributed by atoms with E-state index in [9.17, 15) is 0 Å². The predicted molar refractivity (Wildman–Crippen MR) is 203 cm³/mol. The molecule has 0 radical (unpaired) electrons. The van der Waals surface area contributed by atoms with Gasteiger partial charge in [-0.25, -0.2) is 4.98 Å². The molecule has 0 aliphatic carbocycles. The summed E-state index contributed by atoms with van der Waals surface area (Å²) < 4.78 is 2.24. The highest BCUT2D eigenvalue weighted by atomic mass is 15.2. The summed E-state index contributed by atoms with van der Waals surface area (Å²) in [6, 6.07) is 59.8. The van der Waals surface area contributed by atoms with E-state index < -0.39 is 0 Å². The Bertz CT molecular complexity index is 2860. The van der Waals surface area contributed by atoms with Gasteiger partial charge in [-0.1, -0.05) is 158 Å². The van der Waals surface area contributed by atoms with E-state index in [0.29, 0.717) is 17.6 Å². The lowest BCUT2D eigenvalue weighted by atomic mass is 9.97. The molecule has 0 saturated carbocycles. The molecular formula is C45H28N4. The lowest BCUT2D eigenvalue weighted by molar-refractivity contribution is 0.955. The molecule has 0 fully saturated rings. The third-order valence-electron chi connectivity index (χ3n) is 9.62. The van der Waals surface area contributed by atoms with Crippen LogP contribution in [0.15, 0.2) is 170 Å². The summed E-state index contributed by atoms with van der Waals surface area (Å²) in [5.74, 6) is 1.85. The van der Waals surface area contributed by atoms with Gasteiger partial charge >= 0.3 is 0 Å². The van der Waals surface area contributed by atoms with Crippen LogP contribution in [0.1, 0.15) is 0 Å². The Balaban J connectivity index is 1.24. The molecule has 0 atom stereocenters. The van der Waals surface area contributed by atoms with Crippen molar-refractivity contribution in [2.45, 2.75) is 0 Å². The zero-order chi connectivity index (χ0) is 32.3. The van der Waals surface area contributed by atoms with Crippen LogP contribution < -0.4 is 0 Å². The minimum Gasteiger partial charge on any atom is -0.277 e. The fourth-order valence-electron chi connectivity index (χ4n) is 7.26. The molecule has 4 heteroatoms. The molecule has 0 spiro atoms. The maximum Gasteiger partial charge on any atom is 0.238 e. The maximum atomic E-state index is 5.25. The molecule has 0 aliphatic rings. The molecule has 0 N–H and O–H groups in total. The van der Waals surface area contributed by atoms with E-state index in [1.807, 2.05) is 18.2 Å². The highest BCUT2D eigenvalue weighted by Gasteiger charge is 2.20. The van der Waals surface area contributed by atoms with Gasteiger partial charge in [0.2, 0.25) is 5.95 Å². The number of hydrogen-bond acceptors (Lipinski definition) is 3. The Kier molecular flexibility index (Phi) is 6.15. The summed E-state index contributed by atoms with van der Waals surface area (Å²) in [7, 11) is 0. The molecule has 10 rings (SSSR count). The molecule has 0 unspecified atom stereocenters. The van der Waals surface area contributed by atoms with Crippen LogP contribution in [0.2, 0.25) is 0 Å². The summed E-state index contributed by atoms with van der Waals surface area (Å²) in [5.41, 5.74) is 6.38. The minimum absolute atomic E-state index is 0.591. The Morgan fingerprint density at radius 1 is 0.347 bits per heavy atom. The highest BCUT2D eigenvalue weighted by molar-refractivity contribution is 6.20. The number of rotatable bonds is 4. The van der Waals surface area contributed by atoms with E-state index in [0.717, 1.165) is 33.1 Å². The molecule has 2 heterocycles. The highest BCUT2D eigenvalue weighted by Crippen LogP contribution is 2.38. The molecule has 0 aliphatic heterocycles. The van der Waals surface area contributed by atoms with Gasteiger partial charge < -0.3 is 0 Å². The van der Waals surface area contributed by atoms with Crippen molar-refractivity contribution in [3.05, 3.63) is 170 Å². The monoisotopic (exact) mass is 624 g/mol. The largest absolute Gasteiger partial charge is 0.277 e. The topological polar surface area (TPSA) is 43.6 Å². The molecule has 228 valence electrons. The second-order valence-corrected chi connectivity index (χ2v) is 12.5. The van der Waals surface area contributed by atoms with E-state index in [1.54, 1.807) is 0 Å². The van der Waals surface area contributed by atoms with Gasteiger partial charge in [-0.05, 0) is 50.2 Å². The summed E-state index contributed by atoms with van der Waals surface area (Å²) in [6.07, 6.45) is 0. The molecule has 8 aromatic carbocycles. The Labute approximate surface area is 282 Å². The quantitative estimate of drug-likeness (QED) is 0.196. The van der Waals surface area contributed by atoms with Gasteiger partial charge in [0.05, 0.1) is 11.0 Å². The minimum atomic E-state index is 0.591. The molecule has 4 nitrogen and oxygen atoms in total. The molecule has 49 heavy (non-hydrogen) atoms. The van der Waals surface area contributed by atoms with Gasteiger partial charge in [-0.2, -0.15) is 9.97 Å². The van der Waals surface area contributed by atoms with Gasteiger partial charge in [-0.15, -0.1) is 0 Å². The van der Waals surface area contributed by atoms with Crippen molar-refractivity contribution >= 4 is 54.1 Å². The molecular weight excluding hydrogens is 597 g/mol. The Morgan fingerprint density at radius 2 is 0.918 bits per heavy atom. The zero-order valence-electron chi connectivity index (χ0n) is 26.5. The molecule has 10 aromatic rings. The van der Waals surface area contributed by atoms with E-state index in [1.165, 1.54) is 43.3 Å². The lowest BCUT2D eigenvalue weighted by Crippen LogP contribution is -2.06. The van der Waals surface area contributed by atoms with Crippen LogP contribution in [0.4, 0.5) is 0 Å². The van der Waals surface area contributed by atoms with Crippen LogP contribution in [0, 0.1) is 0 Å². The second-order valence-electron chi connectivity index (χ2n) is 12.5. The van der Waals surface area contributed by atoms with Gasteiger partial charge in [0.25, 0.3) is 0 Å². The number of nitrogens with zero attached hydrogens (tertiary/aromatic N) is 4. The molecule has 0 bridgehead atoms. The van der Waals surface area contributed by atoms with Crippen LogP contribution in [0.3, 0.4) is 0 Å². The van der Waals surface area contributed by atoms with E-state index in [4.69, 9.17) is 15.0 Å². The fourth-order valence-corrected chi connectivity index (χ4v) is 7.26. The number of benzene rings is 8.